The minimum atomic E-state index is -0.378. The molecule has 0 bridgehead atoms. The summed E-state index contributed by atoms with van der Waals surface area (Å²) in [4.78, 5) is 10.2. The van der Waals surface area contributed by atoms with E-state index in [1.54, 1.807) is 12.1 Å². The van der Waals surface area contributed by atoms with E-state index in [2.05, 4.69) is 0 Å². The van der Waals surface area contributed by atoms with E-state index < -0.39 is 0 Å². The van der Waals surface area contributed by atoms with Gasteiger partial charge in [0.1, 0.15) is 0 Å². The summed E-state index contributed by atoms with van der Waals surface area (Å²) in [6, 6.07) is 6.61. The molecule has 80 valence electrons. The molecular weight excluding hydrogens is 192 g/mol. The molecule has 1 saturated carbocycles. The number of rotatable bonds is 3. The maximum Gasteiger partial charge on any atom is 0.269 e. The third-order valence-electron chi connectivity index (χ3n) is 3.12. The topological polar surface area (TPSA) is 69.2 Å². The van der Waals surface area contributed by atoms with Crippen LogP contribution in [0.1, 0.15) is 30.9 Å². The van der Waals surface area contributed by atoms with Crippen LogP contribution in [-0.4, -0.2) is 4.92 Å². The molecule has 1 aliphatic rings. The predicted molar refractivity (Wildman–Crippen MR) is 57.4 cm³/mol. The molecule has 0 aromatic heterocycles. The van der Waals surface area contributed by atoms with Gasteiger partial charge in [0.05, 0.1) is 4.92 Å². The molecule has 0 unspecified atom stereocenters. The fraction of sp³-hybridized carbons (Fsp3) is 0.455. The van der Waals surface area contributed by atoms with Gasteiger partial charge in [-0.05, 0) is 24.3 Å². The predicted octanol–water partition coefficient (Wildman–Crippen LogP) is 2.39. The van der Waals surface area contributed by atoms with Crippen LogP contribution < -0.4 is 5.73 Å². The number of nitro groups is 1. The van der Waals surface area contributed by atoms with Crippen LogP contribution in [-0.2, 0) is 0 Å². The van der Waals surface area contributed by atoms with Crippen molar-refractivity contribution in [3.63, 3.8) is 0 Å². The normalized spacial score (nSPS) is 18.2. The van der Waals surface area contributed by atoms with E-state index >= 15 is 0 Å². The zero-order chi connectivity index (χ0) is 10.8. The van der Waals surface area contributed by atoms with Gasteiger partial charge in [-0.25, -0.2) is 0 Å². The van der Waals surface area contributed by atoms with Crippen molar-refractivity contribution in [1.29, 1.82) is 0 Å². The van der Waals surface area contributed by atoms with E-state index in [0.29, 0.717) is 5.92 Å². The van der Waals surface area contributed by atoms with Gasteiger partial charge in [-0.15, -0.1) is 0 Å². The summed E-state index contributed by atoms with van der Waals surface area (Å²) in [7, 11) is 0. The quantitative estimate of drug-likeness (QED) is 0.609. The maximum atomic E-state index is 10.6. The molecule has 0 spiro atoms. The highest BCUT2D eigenvalue weighted by molar-refractivity contribution is 5.36. The zero-order valence-corrected chi connectivity index (χ0v) is 8.43. The fourth-order valence-electron chi connectivity index (χ4n) is 1.92. The van der Waals surface area contributed by atoms with Crippen molar-refractivity contribution in [2.75, 3.05) is 0 Å². The monoisotopic (exact) mass is 206 g/mol. The van der Waals surface area contributed by atoms with Gasteiger partial charge in [-0.3, -0.25) is 10.1 Å². The Kier molecular flexibility index (Phi) is 2.68. The number of nitrogens with zero attached hydrogens (tertiary/aromatic N) is 1. The van der Waals surface area contributed by atoms with Gasteiger partial charge in [0.15, 0.2) is 0 Å². The third kappa shape index (κ3) is 1.99. The van der Waals surface area contributed by atoms with Crippen LogP contribution in [0.4, 0.5) is 5.69 Å². The second-order valence-electron chi connectivity index (χ2n) is 4.07. The highest BCUT2D eigenvalue weighted by Crippen LogP contribution is 2.36. The van der Waals surface area contributed by atoms with Crippen LogP contribution in [0.2, 0.25) is 0 Å². The molecule has 0 amide bonds. The Hall–Kier alpha value is -1.42. The molecule has 1 atom stereocenters. The first kappa shape index (κ1) is 10.1. The smallest absolute Gasteiger partial charge is 0.269 e. The Morgan fingerprint density at radius 2 is 2.20 bits per heavy atom. The Balaban J connectivity index is 2.19. The van der Waals surface area contributed by atoms with Gasteiger partial charge in [0.2, 0.25) is 0 Å². The SMILES string of the molecule is N[C@H](c1cccc([N+](=O)[O-])c1)C1CCC1. The van der Waals surface area contributed by atoms with E-state index in [1.165, 1.54) is 12.5 Å². The highest BCUT2D eigenvalue weighted by atomic mass is 16.6. The summed E-state index contributed by atoms with van der Waals surface area (Å²) in [6.45, 7) is 0. The average Bonchev–Trinajstić information content (AvgIpc) is 2.15. The fourth-order valence-corrected chi connectivity index (χ4v) is 1.92. The van der Waals surface area contributed by atoms with Crippen molar-refractivity contribution in [1.82, 2.24) is 0 Å². The van der Waals surface area contributed by atoms with Crippen LogP contribution in [0.15, 0.2) is 24.3 Å². The number of nitro benzene ring substituents is 1. The molecule has 2 N–H and O–H groups in total. The van der Waals surface area contributed by atoms with Crippen molar-refractivity contribution >= 4 is 5.69 Å². The maximum absolute atomic E-state index is 10.6. The van der Waals surface area contributed by atoms with Gasteiger partial charge in [-0.1, -0.05) is 18.6 Å². The minimum Gasteiger partial charge on any atom is -0.324 e. The van der Waals surface area contributed by atoms with Gasteiger partial charge >= 0.3 is 0 Å². The summed E-state index contributed by atoms with van der Waals surface area (Å²) in [6.07, 6.45) is 3.51. The molecule has 0 heterocycles. The van der Waals surface area contributed by atoms with Crippen molar-refractivity contribution in [2.45, 2.75) is 25.3 Å². The second kappa shape index (κ2) is 3.98. The second-order valence-corrected chi connectivity index (χ2v) is 4.07. The van der Waals surface area contributed by atoms with E-state index in [-0.39, 0.29) is 16.7 Å². The summed E-state index contributed by atoms with van der Waals surface area (Å²) in [5.41, 5.74) is 7.06. The van der Waals surface area contributed by atoms with Gasteiger partial charge < -0.3 is 5.73 Å². The largest absolute Gasteiger partial charge is 0.324 e. The number of nitrogens with two attached hydrogens (primary N) is 1. The van der Waals surface area contributed by atoms with Crippen molar-refractivity contribution < 1.29 is 4.92 Å². The Morgan fingerprint density at radius 3 is 2.73 bits per heavy atom. The number of hydrogen-bond acceptors (Lipinski definition) is 3. The third-order valence-corrected chi connectivity index (χ3v) is 3.12. The number of non-ortho nitro benzene ring substituents is 1. The van der Waals surface area contributed by atoms with Gasteiger partial charge in [0.25, 0.3) is 5.69 Å². The molecule has 0 saturated heterocycles. The zero-order valence-electron chi connectivity index (χ0n) is 8.43. The van der Waals surface area contributed by atoms with Crippen molar-refractivity contribution in [3.8, 4) is 0 Å². The average molecular weight is 206 g/mol. The lowest BCUT2D eigenvalue weighted by atomic mass is 9.77. The minimum absolute atomic E-state index is 0.0429. The highest BCUT2D eigenvalue weighted by Gasteiger charge is 2.26. The van der Waals surface area contributed by atoms with Crippen LogP contribution in [0.5, 0.6) is 0 Å². The Morgan fingerprint density at radius 1 is 1.47 bits per heavy atom. The van der Waals surface area contributed by atoms with Crippen LogP contribution in [0.3, 0.4) is 0 Å². The molecule has 2 rings (SSSR count). The lowest BCUT2D eigenvalue weighted by molar-refractivity contribution is -0.384. The van der Waals surface area contributed by atoms with Crippen LogP contribution in [0, 0.1) is 16.0 Å². The molecule has 4 heteroatoms. The molecule has 1 aromatic rings. The number of hydrogen-bond donors (Lipinski definition) is 1. The van der Waals surface area contributed by atoms with E-state index in [9.17, 15) is 10.1 Å². The van der Waals surface area contributed by atoms with E-state index in [4.69, 9.17) is 5.73 Å². The Labute approximate surface area is 88.2 Å². The molecule has 0 radical (unpaired) electrons. The molecule has 1 aromatic carbocycles. The Bertz CT molecular complexity index is 375. The molecule has 1 aliphatic carbocycles. The van der Waals surface area contributed by atoms with Crippen molar-refractivity contribution in [3.05, 3.63) is 39.9 Å². The van der Waals surface area contributed by atoms with E-state index in [0.717, 1.165) is 18.4 Å². The van der Waals surface area contributed by atoms with Gasteiger partial charge in [0, 0.05) is 18.2 Å². The summed E-state index contributed by atoms with van der Waals surface area (Å²) in [5, 5.41) is 10.6. The molecule has 4 nitrogen and oxygen atoms in total. The van der Waals surface area contributed by atoms with Crippen LogP contribution in [0.25, 0.3) is 0 Å². The molecule has 15 heavy (non-hydrogen) atoms. The first-order chi connectivity index (χ1) is 7.18. The standard InChI is InChI=1S/C11H14N2O2/c12-11(8-3-1-4-8)9-5-2-6-10(7-9)13(14)15/h2,5-8,11H,1,3-4,12H2/t11-/m0/s1. The lowest BCUT2D eigenvalue weighted by Gasteiger charge is -2.31. The van der Waals surface area contributed by atoms with Crippen LogP contribution >= 0.6 is 0 Å². The summed E-state index contributed by atoms with van der Waals surface area (Å²) in [5.74, 6) is 0.506. The van der Waals surface area contributed by atoms with Crippen molar-refractivity contribution in [2.24, 2.45) is 11.7 Å². The number of benzene rings is 1. The summed E-state index contributed by atoms with van der Waals surface area (Å²) >= 11 is 0. The summed E-state index contributed by atoms with van der Waals surface area (Å²) < 4.78 is 0. The molecule has 1 fully saturated rings. The first-order valence-electron chi connectivity index (χ1n) is 5.18. The molecular formula is C11H14N2O2. The molecule has 0 aliphatic heterocycles. The first-order valence-corrected chi connectivity index (χ1v) is 5.18. The van der Waals surface area contributed by atoms with E-state index in [1.807, 2.05) is 6.07 Å². The lowest BCUT2D eigenvalue weighted by Crippen LogP contribution is -2.26. The van der Waals surface area contributed by atoms with Gasteiger partial charge in [-0.2, -0.15) is 0 Å².